The molecule has 0 saturated carbocycles. The number of phenols is 1. The highest BCUT2D eigenvalue weighted by molar-refractivity contribution is 9.10. The third-order valence-electron chi connectivity index (χ3n) is 9.14. The topological polar surface area (TPSA) is 101 Å². The second-order valence-electron chi connectivity index (χ2n) is 13.1. The van der Waals surface area contributed by atoms with E-state index in [4.69, 9.17) is 4.74 Å². The first-order valence-electron chi connectivity index (χ1n) is 17.0. The SMILES string of the molecule is CCOC(=O)C[C@H](NC(=O)C(c1cc(Br)ccc1F)n1cc(CCN2CC(F)C2)c(C(F)(F)F)cc1=O)c1cc(-c2c(O)cccc2C(F)(F)F)cc(C)c1F. The molecule has 4 aromatic rings. The summed E-state index contributed by atoms with van der Waals surface area (Å²) in [6, 6.07) is 3.99. The maximum atomic E-state index is 16.1. The van der Waals surface area contributed by atoms with Crippen LogP contribution in [0.2, 0.25) is 0 Å². The van der Waals surface area contributed by atoms with Crippen LogP contribution in [0.5, 0.6) is 5.75 Å². The summed E-state index contributed by atoms with van der Waals surface area (Å²) >= 11 is 3.15. The zero-order valence-electron chi connectivity index (χ0n) is 29.5. The number of aryl methyl sites for hydroxylation is 1. The van der Waals surface area contributed by atoms with Gasteiger partial charge in [0.15, 0.2) is 0 Å². The number of carbonyl (C=O) groups is 2. The number of likely N-dealkylation sites (tertiary alicyclic amines) is 1. The van der Waals surface area contributed by atoms with E-state index in [0.29, 0.717) is 10.6 Å². The number of benzene rings is 3. The van der Waals surface area contributed by atoms with Crippen LogP contribution in [0.1, 0.15) is 58.8 Å². The van der Waals surface area contributed by atoms with Gasteiger partial charge < -0.3 is 15.2 Å². The van der Waals surface area contributed by atoms with Crippen LogP contribution >= 0.6 is 15.9 Å². The number of amides is 1. The molecule has 2 heterocycles. The van der Waals surface area contributed by atoms with E-state index in [2.05, 4.69) is 21.2 Å². The van der Waals surface area contributed by atoms with Gasteiger partial charge in [0, 0.05) is 53.1 Å². The van der Waals surface area contributed by atoms with Crippen LogP contribution in [0, 0.1) is 18.6 Å². The average molecular weight is 863 g/mol. The molecule has 18 heteroatoms. The van der Waals surface area contributed by atoms with E-state index in [9.17, 15) is 50.2 Å². The fraction of sp³-hybridized carbons (Fsp3) is 0.342. The second-order valence-corrected chi connectivity index (χ2v) is 14.0. The lowest BCUT2D eigenvalue weighted by Gasteiger charge is -2.34. The molecule has 0 radical (unpaired) electrons. The van der Waals surface area contributed by atoms with Gasteiger partial charge in [-0.3, -0.25) is 23.9 Å². The Morgan fingerprint density at radius 1 is 0.982 bits per heavy atom. The smallest absolute Gasteiger partial charge is 0.417 e. The molecule has 1 amide bonds. The third kappa shape index (κ3) is 9.40. The van der Waals surface area contributed by atoms with Crippen LogP contribution in [-0.4, -0.2) is 58.9 Å². The largest absolute Gasteiger partial charge is 0.507 e. The number of phenolic OH excluding ortho intramolecular Hbond substituents is 1. The standard InChI is InChI=1S/C38H33BrF9N3O5/c1-3-56-32(54)15-29(25-12-21(11-19(2)34(25)42)33-26(37(43,44)45)5-4-6-30(33)52)49-36(55)35(24-13-22(39)7-8-28(24)41)51-16-20(9-10-50-17-23(40)18-50)27(14-31(51)53)38(46,47)48/h4-8,11-14,16,23,29,35,52H,3,9-10,15,17-18H2,1-2H3,(H,49,55)/t29-,35?/m0/s1. The number of hydrogen-bond donors (Lipinski definition) is 2. The monoisotopic (exact) mass is 861 g/mol. The number of ether oxygens (including phenoxy) is 1. The Labute approximate surface area is 322 Å². The number of halogens is 10. The summed E-state index contributed by atoms with van der Waals surface area (Å²) in [5.41, 5.74) is -7.05. The minimum absolute atomic E-state index is 0.0320. The molecule has 2 atom stereocenters. The van der Waals surface area contributed by atoms with Crippen LogP contribution in [0.25, 0.3) is 11.1 Å². The molecule has 3 aromatic carbocycles. The van der Waals surface area contributed by atoms with E-state index in [1.807, 2.05) is 0 Å². The van der Waals surface area contributed by atoms with Crippen molar-refractivity contribution in [1.29, 1.82) is 0 Å². The summed E-state index contributed by atoms with van der Waals surface area (Å²) in [5.74, 6) is -5.40. The number of aromatic hydroxyl groups is 1. The van der Waals surface area contributed by atoms with Gasteiger partial charge in [-0.25, -0.2) is 13.2 Å². The molecule has 1 aromatic heterocycles. The van der Waals surface area contributed by atoms with Crippen molar-refractivity contribution in [3.63, 3.8) is 0 Å². The lowest BCUT2D eigenvalue weighted by atomic mass is 9.91. The molecule has 1 aliphatic rings. The van der Waals surface area contributed by atoms with Gasteiger partial charge in [-0.1, -0.05) is 22.0 Å². The highest BCUT2D eigenvalue weighted by Gasteiger charge is 2.39. The van der Waals surface area contributed by atoms with Crippen molar-refractivity contribution in [2.45, 2.75) is 57.3 Å². The molecule has 5 rings (SSSR count). The Balaban J connectivity index is 1.68. The molecule has 0 aliphatic carbocycles. The molecule has 300 valence electrons. The quantitative estimate of drug-likeness (QED) is 0.110. The van der Waals surface area contributed by atoms with Crippen molar-refractivity contribution in [1.82, 2.24) is 14.8 Å². The van der Waals surface area contributed by atoms with Gasteiger partial charge in [-0.15, -0.1) is 0 Å². The van der Waals surface area contributed by atoms with Crippen molar-refractivity contribution in [2.75, 3.05) is 26.2 Å². The highest BCUT2D eigenvalue weighted by Crippen LogP contribution is 2.43. The summed E-state index contributed by atoms with van der Waals surface area (Å²) in [6.45, 7) is 2.30. The van der Waals surface area contributed by atoms with Gasteiger partial charge in [0.25, 0.3) is 5.56 Å². The summed E-state index contributed by atoms with van der Waals surface area (Å²) in [4.78, 5) is 42.3. The fourth-order valence-electron chi connectivity index (χ4n) is 6.52. The third-order valence-corrected chi connectivity index (χ3v) is 9.64. The van der Waals surface area contributed by atoms with Crippen molar-refractivity contribution in [3.05, 3.63) is 121 Å². The number of hydrogen-bond acceptors (Lipinski definition) is 6. The molecule has 1 unspecified atom stereocenters. The second kappa shape index (κ2) is 16.7. The maximum absolute atomic E-state index is 16.1. The van der Waals surface area contributed by atoms with Crippen LogP contribution in [0.4, 0.5) is 39.5 Å². The molecule has 1 fully saturated rings. The maximum Gasteiger partial charge on any atom is 0.417 e. The van der Waals surface area contributed by atoms with E-state index in [-0.39, 0.29) is 54.3 Å². The van der Waals surface area contributed by atoms with Crippen molar-refractivity contribution >= 4 is 27.8 Å². The normalized spacial score (nSPS) is 14.9. The first-order valence-corrected chi connectivity index (χ1v) is 17.8. The van der Waals surface area contributed by atoms with Gasteiger partial charge in [0.2, 0.25) is 5.91 Å². The molecule has 2 N–H and O–H groups in total. The Bertz CT molecular complexity index is 2190. The Kier molecular flexibility index (Phi) is 12.6. The number of esters is 1. The fourth-order valence-corrected chi connectivity index (χ4v) is 6.90. The van der Waals surface area contributed by atoms with E-state index in [0.717, 1.165) is 42.6 Å². The van der Waals surface area contributed by atoms with E-state index in [1.165, 1.54) is 24.8 Å². The molecular weight excluding hydrogens is 829 g/mol. The Morgan fingerprint density at radius 3 is 2.29 bits per heavy atom. The van der Waals surface area contributed by atoms with Crippen molar-refractivity contribution in [2.24, 2.45) is 0 Å². The van der Waals surface area contributed by atoms with Crippen LogP contribution in [-0.2, 0) is 33.1 Å². The number of rotatable bonds is 12. The lowest BCUT2D eigenvalue weighted by Crippen LogP contribution is -2.49. The molecule has 1 saturated heterocycles. The van der Waals surface area contributed by atoms with Gasteiger partial charge >= 0.3 is 18.3 Å². The summed E-state index contributed by atoms with van der Waals surface area (Å²) in [6.07, 6.45) is -11.7. The van der Waals surface area contributed by atoms with Crippen molar-refractivity contribution < 1.29 is 58.9 Å². The van der Waals surface area contributed by atoms with Crippen LogP contribution < -0.4 is 10.9 Å². The number of alkyl halides is 7. The van der Waals surface area contributed by atoms with Crippen LogP contribution in [0.15, 0.2) is 70.1 Å². The first kappa shape index (κ1) is 42.3. The van der Waals surface area contributed by atoms with E-state index in [1.54, 1.807) is 0 Å². The van der Waals surface area contributed by atoms with Crippen LogP contribution in [0.3, 0.4) is 0 Å². The minimum Gasteiger partial charge on any atom is -0.507 e. The molecule has 8 nitrogen and oxygen atoms in total. The van der Waals surface area contributed by atoms with Crippen molar-refractivity contribution in [3.8, 4) is 16.9 Å². The zero-order valence-corrected chi connectivity index (χ0v) is 31.1. The van der Waals surface area contributed by atoms with Gasteiger partial charge in [0.1, 0.15) is 29.6 Å². The number of carbonyl (C=O) groups excluding carboxylic acids is 2. The number of nitrogens with one attached hydrogen (secondary N) is 1. The number of aromatic nitrogens is 1. The molecule has 0 spiro atoms. The predicted molar refractivity (Wildman–Crippen MR) is 188 cm³/mol. The molecular formula is C38H33BrF9N3O5. The Hall–Kier alpha value is -4.84. The van der Waals surface area contributed by atoms with Gasteiger partial charge in [-0.05, 0) is 79.4 Å². The lowest BCUT2D eigenvalue weighted by molar-refractivity contribution is -0.144. The first-order chi connectivity index (χ1) is 26.2. The number of pyridine rings is 1. The molecule has 0 bridgehead atoms. The number of nitrogens with zero attached hydrogens (tertiary/aromatic N) is 2. The minimum atomic E-state index is -5.05. The van der Waals surface area contributed by atoms with E-state index < -0.39 is 105 Å². The van der Waals surface area contributed by atoms with E-state index >= 15 is 8.78 Å². The van der Waals surface area contributed by atoms with Gasteiger partial charge in [-0.2, -0.15) is 26.3 Å². The molecule has 56 heavy (non-hydrogen) atoms. The molecule has 1 aliphatic heterocycles. The zero-order chi connectivity index (χ0) is 41.3. The predicted octanol–water partition coefficient (Wildman–Crippen LogP) is 8.20. The Morgan fingerprint density at radius 2 is 1.66 bits per heavy atom. The van der Waals surface area contributed by atoms with Gasteiger partial charge in [0.05, 0.1) is 30.2 Å². The summed E-state index contributed by atoms with van der Waals surface area (Å²) in [7, 11) is 0. The average Bonchev–Trinajstić information content (AvgIpc) is 3.08. The highest BCUT2D eigenvalue weighted by atomic mass is 79.9. The summed E-state index contributed by atoms with van der Waals surface area (Å²) < 4.78 is 136. The summed E-state index contributed by atoms with van der Waals surface area (Å²) in [5, 5.41) is 12.9.